The van der Waals surface area contributed by atoms with E-state index >= 15 is 0 Å². The van der Waals surface area contributed by atoms with E-state index < -0.39 is 0 Å². The van der Waals surface area contributed by atoms with E-state index in [9.17, 15) is 0 Å². The minimum absolute atomic E-state index is 0.701. The van der Waals surface area contributed by atoms with Crippen LogP contribution in [0.1, 0.15) is 5.69 Å². The summed E-state index contributed by atoms with van der Waals surface area (Å²) < 4.78 is 5.28. The van der Waals surface area contributed by atoms with Crippen LogP contribution in [-0.4, -0.2) is 47.8 Å². The van der Waals surface area contributed by atoms with Crippen molar-refractivity contribution >= 4 is 17.2 Å². The Morgan fingerprint density at radius 2 is 2.25 bits per heavy atom. The fourth-order valence-electron chi connectivity index (χ4n) is 1.53. The average molecular weight is 237 g/mol. The van der Waals surface area contributed by atoms with Gasteiger partial charge in [0, 0.05) is 19.3 Å². The molecule has 2 heterocycles. The summed E-state index contributed by atoms with van der Waals surface area (Å²) in [4.78, 5) is 7.17. The third-order valence-electron chi connectivity index (χ3n) is 2.46. The predicted octanol–water partition coefficient (Wildman–Crippen LogP) is 0.636. The first-order chi connectivity index (χ1) is 7.86. The highest BCUT2D eigenvalue weighted by atomic mass is 32.1. The quantitative estimate of drug-likeness (QED) is 0.781. The van der Waals surface area contributed by atoms with Gasteiger partial charge in [0.15, 0.2) is 0 Å². The Balaban J connectivity index is 1.79. The van der Waals surface area contributed by atoms with Crippen molar-refractivity contribution < 1.29 is 4.74 Å². The SMILES string of the molecule is S=C(NCN1CCOCC1)c1ccccn1. The van der Waals surface area contributed by atoms with Crippen LogP contribution in [0.2, 0.25) is 0 Å². The number of nitrogens with one attached hydrogen (secondary N) is 1. The van der Waals surface area contributed by atoms with E-state index in [4.69, 9.17) is 17.0 Å². The number of pyridine rings is 1. The van der Waals surface area contributed by atoms with E-state index in [1.54, 1.807) is 6.20 Å². The maximum absolute atomic E-state index is 5.28. The summed E-state index contributed by atoms with van der Waals surface area (Å²) >= 11 is 5.26. The first kappa shape index (κ1) is 11.4. The van der Waals surface area contributed by atoms with Crippen LogP contribution in [0.5, 0.6) is 0 Å². The van der Waals surface area contributed by atoms with Gasteiger partial charge in [-0.1, -0.05) is 18.3 Å². The number of thiocarbonyl (C=S) groups is 1. The van der Waals surface area contributed by atoms with Crippen LogP contribution in [0.3, 0.4) is 0 Å². The molecule has 1 aromatic rings. The molecule has 0 bridgehead atoms. The average Bonchev–Trinajstić information content (AvgIpc) is 2.38. The molecule has 1 aliphatic rings. The topological polar surface area (TPSA) is 37.4 Å². The fourth-order valence-corrected chi connectivity index (χ4v) is 1.72. The van der Waals surface area contributed by atoms with Gasteiger partial charge in [-0.15, -0.1) is 0 Å². The molecular weight excluding hydrogens is 222 g/mol. The van der Waals surface area contributed by atoms with Crippen LogP contribution >= 0.6 is 12.2 Å². The summed E-state index contributed by atoms with van der Waals surface area (Å²) in [7, 11) is 0. The van der Waals surface area contributed by atoms with Gasteiger partial charge in [-0.05, 0) is 12.1 Å². The molecule has 0 aromatic carbocycles. The number of nitrogens with zero attached hydrogens (tertiary/aromatic N) is 2. The highest BCUT2D eigenvalue weighted by Crippen LogP contribution is 1.97. The maximum atomic E-state index is 5.28. The molecule has 0 saturated carbocycles. The van der Waals surface area contributed by atoms with Crippen molar-refractivity contribution in [1.29, 1.82) is 0 Å². The zero-order chi connectivity index (χ0) is 11.2. The molecular formula is C11H15N3OS. The second-order valence-corrected chi connectivity index (χ2v) is 4.02. The van der Waals surface area contributed by atoms with Crippen molar-refractivity contribution in [2.24, 2.45) is 0 Å². The molecule has 86 valence electrons. The van der Waals surface area contributed by atoms with Crippen LogP contribution in [0.15, 0.2) is 24.4 Å². The van der Waals surface area contributed by atoms with Gasteiger partial charge in [0.25, 0.3) is 0 Å². The van der Waals surface area contributed by atoms with Gasteiger partial charge in [-0.3, -0.25) is 9.88 Å². The van der Waals surface area contributed by atoms with Crippen molar-refractivity contribution in [3.8, 4) is 0 Å². The normalized spacial score (nSPS) is 17.0. The molecule has 0 atom stereocenters. The van der Waals surface area contributed by atoms with Gasteiger partial charge in [0.05, 0.1) is 25.6 Å². The Hall–Kier alpha value is -1.04. The van der Waals surface area contributed by atoms with Crippen molar-refractivity contribution in [3.63, 3.8) is 0 Å². The Bertz CT molecular complexity index is 338. The third kappa shape index (κ3) is 3.23. The van der Waals surface area contributed by atoms with Crippen LogP contribution in [-0.2, 0) is 4.74 Å². The summed E-state index contributed by atoms with van der Waals surface area (Å²) in [5, 5.41) is 3.21. The smallest absolute Gasteiger partial charge is 0.126 e. The van der Waals surface area contributed by atoms with Gasteiger partial charge >= 0.3 is 0 Å². The number of ether oxygens (including phenoxy) is 1. The van der Waals surface area contributed by atoms with Gasteiger partial charge in [-0.2, -0.15) is 0 Å². The minimum Gasteiger partial charge on any atom is -0.379 e. The standard InChI is InChI=1S/C11H15N3OS/c16-11(10-3-1-2-4-12-10)13-9-14-5-7-15-8-6-14/h1-4H,5-9H2,(H,13,16). The summed E-state index contributed by atoms with van der Waals surface area (Å²) in [5.41, 5.74) is 0.825. The van der Waals surface area contributed by atoms with Gasteiger partial charge in [-0.25, -0.2) is 0 Å². The molecule has 0 aliphatic carbocycles. The second kappa shape index (κ2) is 5.89. The lowest BCUT2D eigenvalue weighted by Gasteiger charge is -2.26. The molecule has 0 radical (unpaired) electrons. The first-order valence-corrected chi connectivity index (χ1v) is 5.76. The second-order valence-electron chi connectivity index (χ2n) is 3.61. The van der Waals surface area contributed by atoms with Gasteiger partial charge in [0.2, 0.25) is 0 Å². The summed E-state index contributed by atoms with van der Waals surface area (Å²) in [6, 6.07) is 5.73. The van der Waals surface area contributed by atoms with E-state index in [2.05, 4.69) is 15.2 Å². The van der Waals surface area contributed by atoms with Gasteiger partial charge in [0.1, 0.15) is 4.99 Å². The largest absolute Gasteiger partial charge is 0.379 e. The number of aromatic nitrogens is 1. The Kier molecular flexibility index (Phi) is 4.21. The molecule has 1 aliphatic heterocycles. The molecule has 1 N–H and O–H groups in total. The fraction of sp³-hybridized carbons (Fsp3) is 0.455. The highest BCUT2D eigenvalue weighted by molar-refractivity contribution is 7.80. The van der Waals surface area contributed by atoms with Crippen LogP contribution in [0.4, 0.5) is 0 Å². The lowest BCUT2D eigenvalue weighted by atomic mass is 10.3. The molecule has 0 amide bonds. The number of morpholine rings is 1. The summed E-state index contributed by atoms with van der Waals surface area (Å²) in [5.74, 6) is 0. The monoisotopic (exact) mass is 237 g/mol. The highest BCUT2D eigenvalue weighted by Gasteiger charge is 2.10. The molecule has 0 spiro atoms. The molecule has 4 nitrogen and oxygen atoms in total. The number of rotatable bonds is 3. The molecule has 2 rings (SSSR count). The predicted molar refractivity (Wildman–Crippen MR) is 66.3 cm³/mol. The summed E-state index contributed by atoms with van der Waals surface area (Å²) in [6.07, 6.45) is 1.75. The van der Waals surface area contributed by atoms with Crippen LogP contribution in [0, 0.1) is 0 Å². The molecule has 5 heteroatoms. The Morgan fingerprint density at radius 3 is 2.94 bits per heavy atom. The molecule has 1 saturated heterocycles. The minimum atomic E-state index is 0.701. The molecule has 0 unspecified atom stereocenters. The maximum Gasteiger partial charge on any atom is 0.126 e. The van der Waals surface area contributed by atoms with E-state index in [1.807, 2.05) is 18.2 Å². The van der Waals surface area contributed by atoms with Crippen molar-refractivity contribution in [3.05, 3.63) is 30.1 Å². The number of hydrogen-bond donors (Lipinski definition) is 1. The number of hydrogen-bond acceptors (Lipinski definition) is 4. The van der Waals surface area contributed by atoms with E-state index in [-0.39, 0.29) is 0 Å². The third-order valence-corrected chi connectivity index (χ3v) is 2.82. The Morgan fingerprint density at radius 1 is 1.44 bits per heavy atom. The van der Waals surface area contributed by atoms with Crippen LogP contribution < -0.4 is 5.32 Å². The van der Waals surface area contributed by atoms with Crippen LogP contribution in [0.25, 0.3) is 0 Å². The van der Waals surface area contributed by atoms with E-state index in [0.717, 1.165) is 38.7 Å². The van der Waals surface area contributed by atoms with Crippen molar-refractivity contribution in [1.82, 2.24) is 15.2 Å². The zero-order valence-corrected chi connectivity index (χ0v) is 9.87. The molecule has 1 fully saturated rings. The Labute approximate surface area is 101 Å². The zero-order valence-electron chi connectivity index (χ0n) is 9.06. The lowest BCUT2D eigenvalue weighted by Crippen LogP contribution is -2.43. The van der Waals surface area contributed by atoms with E-state index in [1.165, 1.54) is 0 Å². The van der Waals surface area contributed by atoms with Crippen molar-refractivity contribution in [2.45, 2.75) is 0 Å². The van der Waals surface area contributed by atoms with E-state index in [0.29, 0.717) is 4.99 Å². The summed E-state index contributed by atoms with van der Waals surface area (Å²) in [6.45, 7) is 4.28. The molecule has 16 heavy (non-hydrogen) atoms. The lowest BCUT2D eigenvalue weighted by molar-refractivity contribution is 0.0368. The first-order valence-electron chi connectivity index (χ1n) is 5.35. The van der Waals surface area contributed by atoms with Crippen molar-refractivity contribution in [2.75, 3.05) is 33.0 Å². The molecule has 1 aromatic heterocycles. The van der Waals surface area contributed by atoms with Gasteiger partial charge < -0.3 is 10.1 Å².